The van der Waals surface area contributed by atoms with E-state index in [0.29, 0.717) is 0 Å². The summed E-state index contributed by atoms with van der Waals surface area (Å²) in [5, 5.41) is 2.14. The average Bonchev–Trinajstić information content (AvgIpc) is 2.69. The molecule has 1 aromatic rings. The molecule has 82 valence electrons. The Labute approximate surface area is 104 Å². The molecule has 0 bridgehead atoms. The topological polar surface area (TPSA) is 30.5 Å². The zero-order valence-corrected chi connectivity index (χ0v) is 8.32. The molecule has 1 atom stereocenters. The Hall–Kier alpha value is -1.22. The molecule has 0 saturated heterocycles. The molecule has 0 unspecified atom stereocenters. The molecule has 3 heteroatoms. The number of benzene rings is 1. The minimum atomic E-state index is -2.78. The Bertz CT molecular complexity index is 713. The Morgan fingerprint density at radius 3 is 3.27 bits per heavy atom. The summed E-state index contributed by atoms with van der Waals surface area (Å²) in [4.78, 5) is 0. The normalized spacial score (nSPS) is 32.4. The highest BCUT2D eigenvalue weighted by Crippen LogP contribution is 2.32. The van der Waals surface area contributed by atoms with Gasteiger partial charge in [0.05, 0.1) is 4.11 Å². The molecular weight excluding hydrogens is 190 g/mol. The van der Waals surface area contributed by atoms with Crippen LogP contribution in [0.3, 0.4) is 0 Å². The van der Waals surface area contributed by atoms with Crippen molar-refractivity contribution in [3.8, 4) is 11.5 Å². The van der Waals surface area contributed by atoms with Crippen molar-refractivity contribution in [1.82, 2.24) is 5.32 Å². The van der Waals surface area contributed by atoms with Crippen molar-refractivity contribution in [1.29, 1.82) is 0 Å². The number of rotatable bonds is 4. The van der Waals surface area contributed by atoms with Crippen molar-refractivity contribution in [2.45, 2.75) is 26.2 Å². The van der Waals surface area contributed by atoms with Crippen LogP contribution in [0.4, 0.5) is 0 Å². The van der Waals surface area contributed by atoms with Crippen LogP contribution in [0.15, 0.2) is 18.1 Å². The van der Waals surface area contributed by atoms with Gasteiger partial charge in [-0.05, 0) is 37.4 Å². The first-order chi connectivity index (χ1) is 11.0. The number of hydrogen-bond donors (Lipinski definition) is 1. The highest BCUT2D eigenvalue weighted by atomic mass is 16.7. The van der Waals surface area contributed by atoms with Crippen LogP contribution in [0.2, 0.25) is 0 Å². The molecule has 0 aromatic heterocycles. The third-order valence-electron chi connectivity index (χ3n) is 1.66. The zero-order valence-electron chi connectivity index (χ0n) is 18.3. The molecule has 3 nitrogen and oxygen atoms in total. The van der Waals surface area contributed by atoms with E-state index >= 15 is 0 Å². The van der Waals surface area contributed by atoms with Crippen molar-refractivity contribution in [2.75, 3.05) is 13.2 Å². The van der Waals surface area contributed by atoms with E-state index in [9.17, 15) is 0 Å². The number of likely N-dealkylation sites (N-methyl/N-ethyl adjacent to an activating group) is 1. The number of ether oxygens (including phenoxy) is 2. The lowest BCUT2D eigenvalue weighted by Gasteiger charge is -2.12. The third kappa shape index (κ3) is 2.42. The highest BCUT2D eigenvalue weighted by Gasteiger charge is 2.13. The predicted octanol–water partition coefficient (Wildman–Crippen LogP) is 1.96. The second kappa shape index (κ2) is 4.53. The lowest BCUT2D eigenvalue weighted by molar-refractivity contribution is 0.174. The van der Waals surface area contributed by atoms with Crippen LogP contribution in [-0.4, -0.2) is 19.3 Å². The van der Waals surface area contributed by atoms with Crippen molar-refractivity contribution in [2.24, 2.45) is 0 Å². The molecule has 0 aliphatic carbocycles. The Morgan fingerprint density at radius 1 is 1.67 bits per heavy atom. The SMILES string of the molecule is [2H]c1c([2H])c(C([2H])([2H])[C@@]([2H])(C)NC([2H])([2H])C)c([2H])c2c1OC([2H])([2H])O2. The van der Waals surface area contributed by atoms with Crippen molar-refractivity contribution >= 4 is 0 Å². The molecule has 15 heavy (non-hydrogen) atoms. The summed E-state index contributed by atoms with van der Waals surface area (Å²) in [5.41, 5.74) is -0.688. The van der Waals surface area contributed by atoms with Gasteiger partial charge in [-0.25, -0.2) is 0 Å². The van der Waals surface area contributed by atoms with Crippen molar-refractivity contribution < 1.29 is 23.2 Å². The van der Waals surface area contributed by atoms with Crippen molar-refractivity contribution in [3.63, 3.8) is 0 Å². The van der Waals surface area contributed by atoms with Gasteiger partial charge in [-0.15, -0.1) is 0 Å². The van der Waals surface area contributed by atoms with E-state index < -0.39 is 60.8 Å². The fraction of sp³-hybridized carbons (Fsp3) is 0.500. The van der Waals surface area contributed by atoms with Crippen molar-refractivity contribution in [3.05, 3.63) is 23.7 Å². The number of hydrogen-bond acceptors (Lipinski definition) is 3. The largest absolute Gasteiger partial charge is 0.454 e. The summed E-state index contributed by atoms with van der Waals surface area (Å²) in [6, 6.07) is -4.47. The summed E-state index contributed by atoms with van der Waals surface area (Å²) in [7, 11) is 0. The maximum absolute atomic E-state index is 8.23. The average molecular weight is 217 g/mol. The Morgan fingerprint density at radius 2 is 2.47 bits per heavy atom. The molecule has 2 rings (SSSR count). The molecule has 1 N–H and O–H groups in total. The van der Waals surface area contributed by atoms with E-state index in [1.54, 1.807) is 0 Å². The molecule has 1 aliphatic rings. The minimum absolute atomic E-state index is 0.481. The minimum Gasteiger partial charge on any atom is -0.454 e. The molecule has 1 aliphatic heterocycles. The quantitative estimate of drug-likeness (QED) is 0.836. The van der Waals surface area contributed by atoms with Gasteiger partial charge in [0.25, 0.3) is 0 Å². The van der Waals surface area contributed by atoms with E-state index in [-0.39, 0.29) is 0 Å². The van der Waals surface area contributed by atoms with Crippen LogP contribution >= 0.6 is 0 Å². The van der Waals surface area contributed by atoms with Crippen LogP contribution in [0.1, 0.15) is 33.1 Å². The standard InChI is InChI=1S/C12H17NO2/c1-3-13-9(2)6-10-4-5-11-12(7-10)15-8-14-11/h4-5,7,9,13H,3,6,8H2,1-2H3/t9-/m1/s1/i3D2,4D,5D,6D2,7D,8D2,9D. The maximum Gasteiger partial charge on any atom is 0.231 e. The Balaban J connectivity index is 2.66. The first kappa shape index (κ1) is 3.67. The van der Waals surface area contributed by atoms with Gasteiger partial charge in [-0.2, -0.15) is 0 Å². The van der Waals surface area contributed by atoms with Gasteiger partial charge in [-0.1, -0.05) is 13.0 Å². The molecule has 1 heterocycles. The van der Waals surface area contributed by atoms with Gasteiger partial charge >= 0.3 is 0 Å². The molecule has 0 radical (unpaired) electrons. The van der Waals surface area contributed by atoms with Crippen LogP contribution < -0.4 is 14.8 Å². The molecule has 1 aromatic carbocycles. The molecular formula is C12H17NO2. The first-order valence-electron chi connectivity index (χ1n) is 9.32. The van der Waals surface area contributed by atoms with Crippen LogP contribution in [-0.2, 0) is 6.37 Å². The van der Waals surface area contributed by atoms with Crippen LogP contribution in [0.25, 0.3) is 0 Å². The summed E-state index contributed by atoms with van der Waals surface area (Å²) >= 11 is 0. The third-order valence-corrected chi connectivity index (χ3v) is 1.66. The fourth-order valence-electron chi connectivity index (χ4n) is 1.09. The van der Waals surface area contributed by atoms with E-state index in [1.165, 1.54) is 0 Å². The smallest absolute Gasteiger partial charge is 0.231 e. The zero-order chi connectivity index (χ0) is 19.6. The molecule has 0 fully saturated rings. The molecule has 0 saturated carbocycles. The monoisotopic (exact) mass is 217 g/mol. The van der Waals surface area contributed by atoms with Crippen LogP contribution in [0, 0.1) is 0 Å². The van der Waals surface area contributed by atoms with Gasteiger partial charge in [0.1, 0.15) is 2.74 Å². The first-order valence-corrected chi connectivity index (χ1v) is 4.32. The summed E-state index contributed by atoms with van der Waals surface area (Å²) in [5.74, 6) is -1.01. The summed E-state index contributed by atoms with van der Waals surface area (Å²) < 4.78 is 88.0. The summed E-state index contributed by atoms with van der Waals surface area (Å²) in [6.45, 7) is -2.65. The Kier molecular flexibility index (Phi) is 1.11. The lowest BCUT2D eigenvalue weighted by Crippen LogP contribution is -2.27. The number of nitrogens with one attached hydrogen (secondary N) is 1. The van der Waals surface area contributed by atoms with E-state index in [0.717, 1.165) is 13.8 Å². The van der Waals surface area contributed by atoms with Gasteiger partial charge in [0.2, 0.25) is 6.75 Å². The summed E-state index contributed by atoms with van der Waals surface area (Å²) in [6.07, 6.45) is -2.78. The molecule has 0 amide bonds. The van der Waals surface area contributed by atoms with Gasteiger partial charge in [0.15, 0.2) is 11.5 Å². The predicted molar refractivity (Wildman–Crippen MR) is 59.4 cm³/mol. The van der Waals surface area contributed by atoms with Gasteiger partial charge in [0, 0.05) is 12.9 Å². The molecule has 0 spiro atoms. The lowest BCUT2D eigenvalue weighted by atomic mass is 10.1. The second-order valence-corrected chi connectivity index (χ2v) is 2.82. The fourth-order valence-corrected chi connectivity index (χ4v) is 1.09. The van der Waals surface area contributed by atoms with E-state index in [1.807, 2.05) is 0 Å². The van der Waals surface area contributed by atoms with Gasteiger partial charge < -0.3 is 14.8 Å². The van der Waals surface area contributed by atoms with E-state index in [2.05, 4.69) is 5.32 Å². The maximum atomic E-state index is 8.23. The highest BCUT2D eigenvalue weighted by molar-refractivity contribution is 5.44. The van der Waals surface area contributed by atoms with Crippen LogP contribution in [0.5, 0.6) is 11.5 Å². The van der Waals surface area contributed by atoms with E-state index in [4.69, 9.17) is 23.2 Å². The number of fused-ring (bicyclic) bond motifs is 1. The second-order valence-electron chi connectivity index (χ2n) is 2.82. The van der Waals surface area contributed by atoms with Gasteiger partial charge in [-0.3, -0.25) is 0 Å².